The summed E-state index contributed by atoms with van der Waals surface area (Å²) in [4.78, 5) is 10.9. The van der Waals surface area contributed by atoms with E-state index in [0.717, 1.165) is 12.3 Å². The summed E-state index contributed by atoms with van der Waals surface area (Å²) in [5.41, 5.74) is 0. The van der Waals surface area contributed by atoms with E-state index in [1.54, 1.807) is 11.8 Å². The first-order valence-corrected chi connectivity index (χ1v) is 4.88. The van der Waals surface area contributed by atoms with Gasteiger partial charge in [0.15, 0.2) is 0 Å². The van der Waals surface area contributed by atoms with Gasteiger partial charge in [0, 0.05) is 12.3 Å². The van der Waals surface area contributed by atoms with Crippen LogP contribution in [0, 0.1) is 0 Å². The van der Waals surface area contributed by atoms with Gasteiger partial charge in [-0.15, -0.1) is 11.8 Å². The van der Waals surface area contributed by atoms with Crippen molar-refractivity contribution < 1.29 is 9.53 Å². The fourth-order valence-corrected chi connectivity index (χ4v) is 1.99. The SMILES string of the molecule is CCOC(=O)C[C@H]1NCCS1. The second-order valence-electron chi connectivity index (χ2n) is 2.32. The van der Waals surface area contributed by atoms with E-state index in [2.05, 4.69) is 5.32 Å². The number of hydrogen-bond acceptors (Lipinski definition) is 4. The van der Waals surface area contributed by atoms with Gasteiger partial charge in [-0.2, -0.15) is 0 Å². The standard InChI is InChI=1S/C7H13NO2S/c1-2-10-7(9)5-6-8-3-4-11-6/h6,8H,2-5H2,1H3/t6-/m0/s1. The summed E-state index contributed by atoms with van der Waals surface area (Å²) in [7, 11) is 0. The summed E-state index contributed by atoms with van der Waals surface area (Å²) in [6, 6.07) is 0. The maximum absolute atomic E-state index is 10.9. The molecule has 64 valence electrons. The molecule has 0 bridgehead atoms. The molecular weight excluding hydrogens is 162 g/mol. The number of thioether (sulfide) groups is 1. The van der Waals surface area contributed by atoms with Crippen LogP contribution < -0.4 is 5.32 Å². The van der Waals surface area contributed by atoms with E-state index in [4.69, 9.17) is 4.74 Å². The maximum atomic E-state index is 10.9. The molecule has 0 aromatic heterocycles. The smallest absolute Gasteiger partial charge is 0.308 e. The van der Waals surface area contributed by atoms with Crippen molar-refractivity contribution in [3.63, 3.8) is 0 Å². The first kappa shape index (κ1) is 8.87. The quantitative estimate of drug-likeness (QED) is 0.638. The van der Waals surface area contributed by atoms with Crippen molar-refractivity contribution in [2.24, 2.45) is 0 Å². The number of hydrogen-bond donors (Lipinski definition) is 1. The van der Waals surface area contributed by atoms with Gasteiger partial charge < -0.3 is 10.1 Å². The predicted octanol–water partition coefficient (Wildman–Crippen LogP) is 0.602. The molecule has 0 aromatic carbocycles. The van der Waals surface area contributed by atoms with Crippen molar-refractivity contribution in [3.05, 3.63) is 0 Å². The Morgan fingerprint density at radius 3 is 3.18 bits per heavy atom. The van der Waals surface area contributed by atoms with E-state index in [0.29, 0.717) is 13.0 Å². The molecule has 3 nitrogen and oxygen atoms in total. The van der Waals surface area contributed by atoms with Crippen LogP contribution >= 0.6 is 11.8 Å². The van der Waals surface area contributed by atoms with Crippen LogP contribution in [-0.4, -0.2) is 30.2 Å². The third-order valence-corrected chi connectivity index (χ3v) is 2.63. The molecule has 1 heterocycles. The van der Waals surface area contributed by atoms with E-state index < -0.39 is 0 Å². The van der Waals surface area contributed by atoms with Crippen molar-refractivity contribution in [2.45, 2.75) is 18.7 Å². The molecule has 0 aromatic rings. The van der Waals surface area contributed by atoms with Gasteiger partial charge in [-0.3, -0.25) is 4.79 Å². The van der Waals surface area contributed by atoms with E-state index in [1.165, 1.54) is 0 Å². The third-order valence-electron chi connectivity index (χ3n) is 1.45. The number of nitrogens with one attached hydrogen (secondary N) is 1. The summed E-state index contributed by atoms with van der Waals surface area (Å²) in [6.45, 7) is 3.32. The Kier molecular flexibility index (Phi) is 3.72. The Labute approximate surface area is 70.9 Å². The highest BCUT2D eigenvalue weighted by molar-refractivity contribution is 8.00. The zero-order valence-corrected chi connectivity index (χ0v) is 7.45. The highest BCUT2D eigenvalue weighted by Gasteiger charge is 2.18. The van der Waals surface area contributed by atoms with Crippen molar-refractivity contribution in [1.82, 2.24) is 5.32 Å². The van der Waals surface area contributed by atoms with Gasteiger partial charge in [0.05, 0.1) is 18.4 Å². The lowest BCUT2D eigenvalue weighted by molar-refractivity contribution is -0.143. The highest BCUT2D eigenvalue weighted by Crippen LogP contribution is 2.16. The summed E-state index contributed by atoms with van der Waals surface area (Å²) in [5.74, 6) is 1.00. The number of rotatable bonds is 3. The van der Waals surface area contributed by atoms with E-state index in [9.17, 15) is 4.79 Å². The Morgan fingerprint density at radius 1 is 1.82 bits per heavy atom. The van der Waals surface area contributed by atoms with E-state index in [-0.39, 0.29) is 11.3 Å². The van der Waals surface area contributed by atoms with E-state index >= 15 is 0 Å². The second-order valence-corrected chi connectivity index (χ2v) is 3.63. The number of ether oxygens (including phenoxy) is 1. The molecule has 1 rings (SSSR count). The van der Waals surface area contributed by atoms with Gasteiger partial charge in [-0.05, 0) is 6.92 Å². The largest absolute Gasteiger partial charge is 0.466 e. The van der Waals surface area contributed by atoms with Gasteiger partial charge in [0.25, 0.3) is 0 Å². The first-order chi connectivity index (χ1) is 5.33. The molecule has 0 amide bonds. The molecular formula is C7H13NO2S. The molecule has 1 atom stereocenters. The molecule has 1 aliphatic rings. The van der Waals surface area contributed by atoms with Crippen LogP contribution in [0.2, 0.25) is 0 Å². The molecule has 0 saturated carbocycles. The summed E-state index contributed by atoms with van der Waals surface area (Å²) >= 11 is 1.78. The minimum absolute atomic E-state index is 0.0978. The van der Waals surface area contributed by atoms with Gasteiger partial charge in [0.2, 0.25) is 0 Å². The normalized spacial score (nSPS) is 23.5. The van der Waals surface area contributed by atoms with Gasteiger partial charge >= 0.3 is 5.97 Å². The molecule has 1 N–H and O–H groups in total. The van der Waals surface area contributed by atoms with Gasteiger partial charge in [0.1, 0.15) is 0 Å². The molecule has 0 radical (unpaired) electrons. The Balaban J connectivity index is 2.13. The summed E-state index contributed by atoms with van der Waals surface area (Å²) < 4.78 is 4.81. The summed E-state index contributed by atoms with van der Waals surface area (Å²) in [5, 5.41) is 3.49. The van der Waals surface area contributed by atoms with Crippen molar-refractivity contribution in [3.8, 4) is 0 Å². The van der Waals surface area contributed by atoms with E-state index in [1.807, 2.05) is 6.92 Å². The Bertz CT molecular complexity index is 134. The average Bonchev–Trinajstić information content (AvgIpc) is 2.40. The molecule has 4 heteroatoms. The lowest BCUT2D eigenvalue weighted by Gasteiger charge is -2.07. The molecule has 1 aliphatic heterocycles. The zero-order valence-electron chi connectivity index (χ0n) is 6.63. The molecule has 11 heavy (non-hydrogen) atoms. The van der Waals surface area contributed by atoms with Crippen LogP contribution in [0.5, 0.6) is 0 Å². The highest BCUT2D eigenvalue weighted by atomic mass is 32.2. The molecule has 1 saturated heterocycles. The van der Waals surface area contributed by atoms with Gasteiger partial charge in [-0.1, -0.05) is 0 Å². The first-order valence-electron chi connectivity index (χ1n) is 3.83. The van der Waals surface area contributed by atoms with Crippen LogP contribution in [0.1, 0.15) is 13.3 Å². The zero-order chi connectivity index (χ0) is 8.10. The summed E-state index contributed by atoms with van der Waals surface area (Å²) in [6.07, 6.45) is 0.499. The molecule has 0 aliphatic carbocycles. The molecule has 0 unspecified atom stereocenters. The van der Waals surface area contributed by atoms with Crippen molar-refractivity contribution >= 4 is 17.7 Å². The molecule has 0 spiro atoms. The van der Waals surface area contributed by atoms with Crippen LogP contribution in [0.25, 0.3) is 0 Å². The fraction of sp³-hybridized carbons (Fsp3) is 0.857. The third kappa shape index (κ3) is 3.12. The van der Waals surface area contributed by atoms with Crippen LogP contribution in [0.3, 0.4) is 0 Å². The lowest BCUT2D eigenvalue weighted by Crippen LogP contribution is -2.23. The Morgan fingerprint density at radius 2 is 2.64 bits per heavy atom. The average molecular weight is 175 g/mol. The van der Waals surface area contributed by atoms with Crippen molar-refractivity contribution in [1.29, 1.82) is 0 Å². The number of carbonyl (C=O) groups excluding carboxylic acids is 1. The van der Waals surface area contributed by atoms with Crippen LogP contribution in [0.4, 0.5) is 0 Å². The minimum atomic E-state index is -0.0978. The second kappa shape index (κ2) is 4.62. The fourth-order valence-electron chi connectivity index (χ4n) is 0.982. The van der Waals surface area contributed by atoms with Crippen LogP contribution in [-0.2, 0) is 9.53 Å². The monoisotopic (exact) mass is 175 g/mol. The molecule has 1 fully saturated rings. The maximum Gasteiger partial charge on any atom is 0.308 e. The Hall–Kier alpha value is -0.220. The van der Waals surface area contributed by atoms with Gasteiger partial charge in [-0.25, -0.2) is 0 Å². The minimum Gasteiger partial charge on any atom is -0.466 e. The topological polar surface area (TPSA) is 38.3 Å². The number of esters is 1. The predicted molar refractivity (Wildman–Crippen MR) is 45.5 cm³/mol. The van der Waals surface area contributed by atoms with Crippen LogP contribution in [0.15, 0.2) is 0 Å². The number of carbonyl (C=O) groups is 1. The van der Waals surface area contributed by atoms with Crippen molar-refractivity contribution in [2.75, 3.05) is 18.9 Å². The lowest BCUT2D eigenvalue weighted by atomic mass is 10.4.